The number of methoxy groups -OCH3 is 1. The molecule has 0 bridgehead atoms. The van der Waals surface area contributed by atoms with Crippen LogP contribution in [-0.4, -0.2) is 29.0 Å². The Morgan fingerprint density at radius 1 is 1.18 bits per heavy atom. The first kappa shape index (κ1) is 17.9. The van der Waals surface area contributed by atoms with E-state index < -0.39 is 0 Å². The first-order chi connectivity index (χ1) is 13.7. The average molecular weight is 390 g/mol. The van der Waals surface area contributed by atoms with Crippen LogP contribution >= 0.6 is 11.3 Å². The molecule has 7 heteroatoms. The molecule has 0 aliphatic heterocycles. The first-order valence-corrected chi connectivity index (χ1v) is 9.49. The van der Waals surface area contributed by atoms with E-state index in [1.165, 1.54) is 11.3 Å². The van der Waals surface area contributed by atoms with Gasteiger partial charge in [0.25, 0.3) is 5.91 Å². The number of benzene rings is 2. The third-order valence-electron chi connectivity index (χ3n) is 4.26. The van der Waals surface area contributed by atoms with E-state index in [1.54, 1.807) is 13.3 Å². The minimum absolute atomic E-state index is 0.245. The van der Waals surface area contributed by atoms with Crippen molar-refractivity contribution in [3.05, 3.63) is 76.8 Å². The summed E-state index contributed by atoms with van der Waals surface area (Å²) < 4.78 is 6.99. The van der Waals surface area contributed by atoms with Crippen molar-refractivity contribution in [3.63, 3.8) is 0 Å². The number of hydrogen-bond donors (Lipinski definition) is 1. The predicted molar refractivity (Wildman–Crippen MR) is 112 cm³/mol. The maximum absolute atomic E-state index is 12.5. The number of hydrogen-bond acceptors (Lipinski definition) is 5. The van der Waals surface area contributed by atoms with E-state index in [9.17, 15) is 4.79 Å². The van der Waals surface area contributed by atoms with Gasteiger partial charge in [-0.2, -0.15) is 10.2 Å². The number of nitrogens with one attached hydrogen (secondary N) is 1. The molecule has 0 radical (unpaired) electrons. The Balaban J connectivity index is 1.54. The molecule has 0 atom stereocenters. The van der Waals surface area contributed by atoms with Crippen molar-refractivity contribution in [2.75, 3.05) is 7.11 Å². The first-order valence-electron chi connectivity index (χ1n) is 8.68. The number of hydrazone groups is 1. The van der Waals surface area contributed by atoms with Gasteiger partial charge in [-0.15, -0.1) is 11.3 Å². The maximum Gasteiger partial charge on any atom is 0.281 e. The molecule has 2 heterocycles. The third-order valence-corrected chi connectivity index (χ3v) is 5.37. The minimum atomic E-state index is -0.245. The smallest absolute Gasteiger partial charge is 0.281 e. The van der Waals surface area contributed by atoms with E-state index in [0.29, 0.717) is 4.88 Å². The summed E-state index contributed by atoms with van der Waals surface area (Å²) in [4.78, 5) is 14.0. The minimum Gasteiger partial charge on any atom is -0.497 e. The van der Waals surface area contributed by atoms with Crippen molar-refractivity contribution in [1.82, 2.24) is 15.2 Å². The molecule has 0 aliphatic carbocycles. The summed E-state index contributed by atoms with van der Waals surface area (Å²) in [5, 5.41) is 9.61. The van der Waals surface area contributed by atoms with E-state index >= 15 is 0 Å². The number of amides is 1. The molecule has 0 saturated carbocycles. The third kappa shape index (κ3) is 3.52. The highest BCUT2D eigenvalue weighted by atomic mass is 32.1. The van der Waals surface area contributed by atoms with E-state index in [2.05, 4.69) is 15.6 Å². The number of nitrogens with zero attached hydrogens (tertiary/aromatic N) is 3. The zero-order valence-corrected chi connectivity index (χ0v) is 16.2. The quantitative estimate of drug-likeness (QED) is 0.411. The van der Waals surface area contributed by atoms with Gasteiger partial charge in [-0.3, -0.25) is 4.79 Å². The van der Waals surface area contributed by atoms with Gasteiger partial charge in [0.1, 0.15) is 10.6 Å². The van der Waals surface area contributed by atoms with Crippen molar-refractivity contribution < 1.29 is 9.53 Å². The Kier molecular flexibility index (Phi) is 4.90. The topological polar surface area (TPSA) is 68.5 Å². The van der Waals surface area contributed by atoms with Gasteiger partial charge in [-0.05, 0) is 55.0 Å². The molecule has 1 N–H and O–H groups in total. The van der Waals surface area contributed by atoms with Crippen molar-refractivity contribution in [2.24, 2.45) is 5.10 Å². The second-order valence-electron chi connectivity index (χ2n) is 6.13. The van der Waals surface area contributed by atoms with Crippen molar-refractivity contribution in [2.45, 2.75) is 6.92 Å². The summed E-state index contributed by atoms with van der Waals surface area (Å²) in [7, 11) is 1.62. The van der Waals surface area contributed by atoms with Crippen LogP contribution in [0.15, 0.2) is 65.8 Å². The molecule has 0 saturated heterocycles. The van der Waals surface area contributed by atoms with Crippen molar-refractivity contribution >= 4 is 33.7 Å². The molecule has 4 aromatic rings. The molecule has 0 fully saturated rings. The van der Waals surface area contributed by atoms with Crippen LogP contribution in [0.5, 0.6) is 5.75 Å². The second kappa shape index (κ2) is 7.66. The Bertz CT molecular complexity index is 1140. The monoisotopic (exact) mass is 390 g/mol. The molecular formula is C21H18N4O2S. The average Bonchev–Trinajstić information content (AvgIpc) is 3.30. The molecule has 0 unspecified atom stereocenters. The summed E-state index contributed by atoms with van der Waals surface area (Å²) in [5.41, 5.74) is 5.30. The van der Waals surface area contributed by atoms with E-state index in [0.717, 1.165) is 32.9 Å². The van der Waals surface area contributed by atoms with Gasteiger partial charge in [0.2, 0.25) is 0 Å². The summed E-state index contributed by atoms with van der Waals surface area (Å²) in [5.74, 6) is 0.527. The molecule has 2 aromatic carbocycles. The fourth-order valence-electron chi connectivity index (χ4n) is 2.81. The SMILES string of the molecule is COc1ccc(/C=N\NC(=O)c2cc3c(C)nn(-c4ccccc4)c3s2)cc1. The molecule has 28 heavy (non-hydrogen) atoms. The van der Waals surface area contributed by atoms with Gasteiger partial charge in [0.15, 0.2) is 0 Å². The highest BCUT2D eigenvalue weighted by molar-refractivity contribution is 7.20. The highest BCUT2D eigenvalue weighted by Crippen LogP contribution is 2.30. The van der Waals surface area contributed by atoms with Gasteiger partial charge in [-0.25, -0.2) is 10.1 Å². The Morgan fingerprint density at radius 3 is 2.64 bits per heavy atom. The summed E-state index contributed by atoms with van der Waals surface area (Å²) in [6.07, 6.45) is 1.60. The molecule has 2 aromatic heterocycles. The summed E-state index contributed by atoms with van der Waals surface area (Å²) in [6, 6.07) is 19.2. The Hall–Kier alpha value is -3.45. The number of fused-ring (bicyclic) bond motifs is 1. The van der Waals surface area contributed by atoms with Gasteiger partial charge in [0, 0.05) is 5.39 Å². The Morgan fingerprint density at radius 2 is 1.93 bits per heavy atom. The zero-order chi connectivity index (χ0) is 19.5. The van der Waals surface area contributed by atoms with Gasteiger partial charge >= 0.3 is 0 Å². The summed E-state index contributed by atoms with van der Waals surface area (Å²) >= 11 is 1.40. The standard InChI is InChI=1S/C21H18N4O2S/c1-14-18-12-19(28-21(18)25(24-14)16-6-4-3-5-7-16)20(26)23-22-13-15-8-10-17(27-2)11-9-15/h3-13H,1-2H3,(H,23,26)/b22-13-. The number of ether oxygens (including phenoxy) is 1. The number of aryl methyl sites for hydroxylation is 1. The number of thiophene rings is 1. The van der Waals surface area contributed by atoms with Crippen LogP contribution in [0.1, 0.15) is 20.9 Å². The number of rotatable bonds is 5. The molecular weight excluding hydrogens is 372 g/mol. The number of para-hydroxylation sites is 1. The fraction of sp³-hybridized carbons (Fsp3) is 0.0952. The maximum atomic E-state index is 12.5. The van der Waals surface area contributed by atoms with Crippen LogP contribution in [0.4, 0.5) is 0 Å². The number of carbonyl (C=O) groups is 1. The van der Waals surface area contributed by atoms with Crippen LogP contribution in [0.3, 0.4) is 0 Å². The lowest BCUT2D eigenvalue weighted by molar-refractivity contribution is 0.0959. The van der Waals surface area contributed by atoms with Crippen molar-refractivity contribution in [3.8, 4) is 11.4 Å². The van der Waals surface area contributed by atoms with Gasteiger partial charge < -0.3 is 4.74 Å². The van der Waals surface area contributed by atoms with Gasteiger partial charge in [-0.1, -0.05) is 18.2 Å². The highest BCUT2D eigenvalue weighted by Gasteiger charge is 2.16. The van der Waals surface area contributed by atoms with E-state index in [1.807, 2.05) is 72.3 Å². The molecule has 0 spiro atoms. The fourth-order valence-corrected chi connectivity index (χ4v) is 3.89. The van der Waals surface area contributed by atoms with Crippen LogP contribution < -0.4 is 10.2 Å². The predicted octanol–water partition coefficient (Wildman–Crippen LogP) is 4.17. The summed E-state index contributed by atoms with van der Waals surface area (Å²) in [6.45, 7) is 1.94. The largest absolute Gasteiger partial charge is 0.497 e. The van der Waals surface area contributed by atoms with E-state index in [4.69, 9.17) is 4.74 Å². The van der Waals surface area contributed by atoms with Crippen LogP contribution in [0.2, 0.25) is 0 Å². The van der Waals surface area contributed by atoms with E-state index in [-0.39, 0.29) is 5.91 Å². The van der Waals surface area contributed by atoms with Crippen LogP contribution in [0.25, 0.3) is 15.9 Å². The molecule has 140 valence electrons. The molecule has 1 amide bonds. The Labute approximate surface area is 166 Å². The lowest BCUT2D eigenvalue weighted by Gasteiger charge is -2.01. The second-order valence-corrected chi connectivity index (χ2v) is 7.17. The van der Waals surface area contributed by atoms with Gasteiger partial charge in [0.05, 0.1) is 29.6 Å². The zero-order valence-electron chi connectivity index (χ0n) is 15.4. The normalized spacial score (nSPS) is 11.2. The lowest BCUT2D eigenvalue weighted by Crippen LogP contribution is -2.16. The van der Waals surface area contributed by atoms with Crippen molar-refractivity contribution in [1.29, 1.82) is 0 Å². The molecule has 6 nitrogen and oxygen atoms in total. The number of aromatic nitrogens is 2. The molecule has 4 rings (SSSR count). The number of carbonyl (C=O) groups excluding carboxylic acids is 1. The van der Waals surface area contributed by atoms with Crippen LogP contribution in [0, 0.1) is 6.92 Å². The molecule has 0 aliphatic rings. The lowest BCUT2D eigenvalue weighted by atomic mass is 10.2. The van der Waals surface area contributed by atoms with Crippen LogP contribution in [-0.2, 0) is 0 Å².